The van der Waals surface area contributed by atoms with Crippen LogP contribution in [0.2, 0.25) is 0 Å². The van der Waals surface area contributed by atoms with E-state index in [0.717, 1.165) is 37.8 Å². The summed E-state index contributed by atoms with van der Waals surface area (Å²) in [7, 11) is 1.72. The van der Waals surface area contributed by atoms with Crippen LogP contribution in [0.1, 0.15) is 48.7 Å². The van der Waals surface area contributed by atoms with E-state index >= 15 is 0 Å². The first-order valence-electron chi connectivity index (χ1n) is 7.43. The standard InChI is InChI=1S/C15H24N4O2/c1-3-12-8-11(9-13(17-12)18-16)14(20)19(2)10-15(21)6-4-5-7-15/h8-9,21H,3-7,10,16H2,1-2H3,(H,17,18). The highest BCUT2D eigenvalue weighted by atomic mass is 16.3. The number of hydrazine groups is 1. The molecule has 0 atom stereocenters. The first kappa shape index (κ1) is 15.7. The van der Waals surface area contributed by atoms with Gasteiger partial charge in [-0.1, -0.05) is 19.8 Å². The third-order valence-electron chi connectivity index (χ3n) is 4.05. The van der Waals surface area contributed by atoms with Gasteiger partial charge in [0.05, 0.1) is 5.60 Å². The number of hydrogen-bond acceptors (Lipinski definition) is 5. The van der Waals surface area contributed by atoms with Crippen LogP contribution in [0.3, 0.4) is 0 Å². The van der Waals surface area contributed by atoms with Crippen molar-refractivity contribution in [1.29, 1.82) is 0 Å². The zero-order valence-electron chi connectivity index (χ0n) is 12.7. The van der Waals surface area contributed by atoms with Gasteiger partial charge in [0.15, 0.2) is 0 Å². The van der Waals surface area contributed by atoms with E-state index in [0.29, 0.717) is 17.9 Å². The maximum atomic E-state index is 12.5. The smallest absolute Gasteiger partial charge is 0.253 e. The van der Waals surface area contributed by atoms with Gasteiger partial charge in [-0.3, -0.25) is 4.79 Å². The molecule has 1 aromatic heterocycles. The lowest BCUT2D eigenvalue weighted by molar-refractivity contribution is 0.0157. The fourth-order valence-electron chi connectivity index (χ4n) is 2.89. The minimum Gasteiger partial charge on any atom is -0.388 e. The van der Waals surface area contributed by atoms with Crippen molar-refractivity contribution in [2.75, 3.05) is 19.0 Å². The molecule has 1 amide bonds. The van der Waals surface area contributed by atoms with Crippen LogP contribution < -0.4 is 11.3 Å². The number of nitrogens with two attached hydrogens (primary N) is 1. The average Bonchev–Trinajstić information content (AvgIpc) is 2.91. The number of hydrogen-bond donors (Lipinski definition) is 3. The number of likely N-dealkylation sites (N-methyl/N-ethyl adjacent to an activating group) is 1. The SMILES string of the molecule is CCc1cc(C(=O)N(C)CC2(O)CCCC2)cc(NN)n1. The second-order valence-corrected chi connectivity index (χ2v) is 5.82. The molecule has 0 spiro atoms. The number of nitrogen functional groups attached to an aromatic ring is 1. The molecule has 1 saturated carbocycles. The van der Waals surface area contributed by atoms with Crippen molar-refractivity contribution in [1.82, 2.24) is 9.88 Å². The lowest BCUT2D eigenvalue weighted by Gasteiger charge is -2.28. The molecular weight excluding hydrogens is 268 g/mol. The lowest BCUT2D eigenvalue weighted by atomic mass is 10.0. The van der Waals surface area contributed by atoms with Crippen LogP contribution in [0.4, 0.5) is 5.82 Å². The quantitative estimate of drug-likeness (QED) is 0.562. The van der Waals surface area contributed by atoms with Gasteiger partial charge < -0.3 is 15.4 Å². The van der Waals surface area contributed by atoms with Crippen molar-refractivity contribution >= 4 is 11.7 Å². The number of carbonyl (C=O) groups excluding carboxylic acids is 1. The highest BCUT2D eigenvalue weighted by molar-refractivity contribution is 5.94. The summed E-state index contributed by atoms with van der Waals surface area (Å²) in [6.07, 6.45) is 4.29. The molecule has 0 aromatic carbocycles. The third-order valence-corrected chi connectivity index (χ3v) is 4.05. The monoisotopic (exact) mass is 292 g/mol. The second-order valence-electron chi connectivity index (χ2n) is 5.82. The van der Waals surface area contributed by atoms with E-state index < -0.39 is 5.60 Å². The van der Waals surface area contributed by atoms with E-state index in [1.165, 1.54) is 0 Å². The summed E-state index contributed by atoms with van der Waals surface area (Å²) in [6, 6.07) is 3.41. The zero-order chi connectivity index (χ0) is 15.5. The lowest BCUT2D eigenvalue weighted by Crippen LogP contribution is -2.42. The Balaban J connectivity index is 2.14. The molecule has 0 bridgehead atoms. The van der Waals surface area contributed by atoms with Crippen molar-refractivity contribution in [3.05, 3.63) is 23.4 Å². The van der Waals surface area contributed by atoms with Gasteiger partial charge >= 0.3 is 0 Å². The molecule has 0 aliphatic heterocycles. The summed E-state index contributed by atoms with van der Waals surface area (Å²) in [5, 5.41) is 10.4. The first-order valence-corrected chi connectivity index (χ1v) is 7.43. The van der Waals surface area contributed by atoms with Gasteiger partial charge in [-0.2, -0.15) is 0 Å². The Labute approximate surface area is 125 Å². The topological polar surface area (TPSA) is 91.5 Å². The molecule has 6 nitrogen and oxygen atoms in total. The summed E-state index contributed by atoms with van der Waals surface area (Å²) in [6.45, 7) is 2.34. The van der Waals surface area contributed by atoms with E-state index in [1.807, 2.05) is 6.92 Å². The summed E-state index contributed by atoms with van der Waals surface area (Å²) >= 11 is 0. The van der Waals surface area contributed by atoms with Crippen molar-refractivity contribution < 1.29 is 9.90 Å². The zero-order valence-corrected chi connectivity index (χ0v) is 12.7. The Morgan fingerprint density at radius 1 is 1.48 bits per heavy atom. The fourth-order valence-corrected chi connectivity index (χ4v) is 2.89. The van der Waals surface area contributed by atoms with E-state index in [1.54, 1.807) is 24.1 Å². The summed E-state index contributed by atoms with van der Waals surface area (Å²) < 4.78 is 0. The summed E-state index contributed by atoms with van der Waals surface area (Å²) in [5.74, 6) is 5.75. The molecule has 0 unspecified atom stereocenters. The van der Waals surface area contributed by atoms with Crippen LogP contribution in [0, 0.1) is 0 Å². The molecule has 116 valence electrons. The van der Waals surface area contributed by atoms with Crippen LogP contribution in [-0.4, -0.2) is 40.1 Å². The molecule has 1 heterocycles. The molecule has 4 N–H and O–H groups in total. The van der Waals surface area contributed by atoms with Crippen molar-refractivity contribution in [3.63, 3.8) is 0 Å². The van der Waals surface area contributed by atoms with Crippen LogP contribution in [0.15, 0.2) is 12.1 Å². The third kappa shape index (κ3) is 3.71. The minimum absolute atomic E-state index is 0.121. The molecule has 0 saturated heterocycles. The molecule has 1 fully saturated rings. The van der Waals surface area contributed by atoms with Gasteiger partial charge in [-0.15, -0.1) is 0 Å². The Hall–Kier alpha value is -1.66. The number of anilines is 1. The summed E-state index contributed by atoms with van der Waals surface area (Å²) in [4.78, 5) is 18.4. The van der Waals surface area contributed by atoms with Gasteiger partial charge in [0.1, 0.15) is 5.82 Å². The van der Waals surface area contributed by atoms with Crippen LogP contribution in [-0.2, 0) is 6.42 Å². The van der Waals surface area contributed by atoms with Crippen LogP contribution in [0.5, 0.6) is 0 Å². The Morgan fingerprint density at radius 2 is 2.14 bits per heavy atom. The van der Waals surface area contributed by atoms with Crippen molar-refractivity contribution in [2.45, 2.75) is 44.6 Å². The van der Waals surface area contributed by atoms with E-state index in [4.69, 9.17) is 5.84 Å². The largest absolute Gasteiger partial charge is 0.388 e. The molecule has 0 radical (unpaired) electrons. The van der Waals surface area contributed by atoms with Gasteiger partial charge in [-0.05, 0) is 31.4 Å². The molecule has 1 aliphatic rings. The molecule has 1 aromatic rings. The number of carbonyl (C=O) groups is 1. The van der Waals surface area contributed by atoms with Gasteiger partial charge in [0.2, 0.25) is 0 Å². The van der Waals surface area contributed by atoms with Gasteiger partial charge in [0, 0.05) is 24.8 Å². The maximum absolute atomic E-state index is 12.5. The molecule has 21 heavy (non-hydrogen) atoms. The van der Waals surface area contributed by atoms with E-state index in [-0.39, 0.29) is 5.91 Å². The number of rotatable bonds is 5. The Morgan fingerprint density at radius 3 is 2.71 bits per heavy atom. The van der Waals surface area contributed by atoms with E-state index in [9.17, 15) is 9.90 Å². The predicted octanol–water partition coefficient (Wildman–Crippen LogP) is 1.31. The predicted molar refractivity (Wildman–Crippen MR) is 81.8 cm³/mol. The maximum Gasteiger partial charge on any atom is 0.253 e. The Bertz CT molecular complexity index is 490. The second kappa shape index (κ2) is 6.41. The highest BCUT2D eigenvalue weighted by Gasteiger charge is 2.33. The molecule has 6 heteroatoms. The van der Waals surface area contributed by atoms with Crippen LogP contribution >= 0.6 is 0 Å². The number of nitrogens with one attached hydrogen (secondary N) is 1. The van der Waals surface area contributed by atoms with Gasteiger partial charge in [-0.25, -0.2) is 10.8 Å². The number of aromatic nitrogens is 1. The number of aryl methyl sites for hydroxylation is 1. The number of nitrogens with zero attached hydrogens (tertiary/aromatic N) is 2. The number of amides is 1. The number of aliphatic hydroxyl groups is 1. The molecule has 1 aliphatic carbocycles. The van der Waals surface area contributed by atoms with E-state index in [2.05, 4.69) is 10.4 Å². The fraction of sp³-hybridized carbons (Fsp3) is 0.600. The molecule has 2 rings (SSSR count). The first-order chi connectivity index (χ1) is 9.97. The summed E-state index contributed by atoms with van der Waals surface area (Å²) in [5.41, 5.74) is 3.10. The van der Waals surface area contributed by atoms with Crippen molar-refractivity contribution in [3.8, 4) is 0 Å². The Kier molecular flexibility index (Phi) is 4.80. The minimum atomic E-state index is -0.736. The average molecular weight is 292 g/mol. The highest BCUT2D eigenvalue weighted by Crippen LogP contribution is 2.30. The molecular formula is C15H24N4O2. The van der Waals surface area contributed by atoms with Crippen molar-refractivity contribution in [2.24, 2.45) is 5.84 Å². The van der Waals surface area contributed by atoms with Gasteiger partial charge in [0.25, 0.3) is 5.91 Å². The van der Waals surface area contributed by atoms with Crippen LogP contribution in [0.25, 0.3) is 0 Å². The number of pyridine rings is 1. The normalized spacial score (nSPS) is 16.8.